The lowest BCUT2D eigenvalue weighted by Gasteiger charge is -2.25. The van der Waals surface area contributed by atoms with E-state index in [1.807, 2.05) is 0 Å². The first-order valence-corrected chi connectivity index (χ1v) is 9.17. The van der Waals surface area contributed by atoms with Gasteiger partial charge in [-0.1, -0.05) is 46.6 Å². The van der Waals surface area contributed by atoms with Crippen molar-refractivity contribution in [2.45, 2.75) is 84.8 Å². The lowest BCUT2D eigenvalue weighted by atomic mass is 9.93. The molecular weight excluding hydrogens is 280 g/mol. The molecule has 0 radical (unpaired) electrons. The van der Waals surface area contributed by atoms with Gasteiger partial charge in [0.15, 0.2) is 0 Å². The summed E-state index contributed by atoms with van der Waals surface area (Å²) in [6.07, 6.45) is 7.80. The SMILES string of the molecule is C=C(C)C(=O)OC(CCCC)CCC(C)C(CCC)O[SiH3]. The van der Waals surface area contributed by atoms with Gasteiger partial charge < -0.3 is 9.16 Å². The molecule has 0 N–H and O–H groups in total. The van der Waals surface area contributed by atoms with Gasteiger partial charge in [-0.15, -0.1) is 0 Å². The Hall–Kier alpha value is -0.613. The molecule has 124 valence electrons. The van der Waals surface area contributed by atoms with Crippen LogP contribution in [0.1, 0.15) is 72.6 Å². The minimum atomic E-state index is -0.256. The summed E-state index contributed by atoms with van der Waals surface area (Å²) in [6, 6.07) is 0. The maximum atomic E-state index is 11.7. The van der Waals surface area contributed by atoms with Gasteiger partial charge in [0.05, 0.1) is 0 Å². The highest BCUT2D eigenvalue weighted by atomic mass is 28.2. The van der Waals surface area contributed by atoms with Gasteiger partial charge in [0.2, 0.25) is 0 Å². The monoisotopic (exact) mass is 314 g/mol. The zero-order valence-electron chi connectivity index (χ0n) is 14.6. The molecule has 0 spiro atoms. The van der Waals surface area contributed by atoms with E-state index in [0.29, 0.717) is 17.6 Å². The summed E-state index contributed by atoms with van der Waals surface area (Å²) in [7, 11) is 0.788. The molecule has 0 bridgehead atoms. The molecule has 21 heavy (non-hydrogen) atoms. The summed E-state index contributed by atoms with van der Waals surface area (Å²) in [6.45, 7) is 12.0. The second-order valence-corrected chi connectivity index (χ2v) is 6.54. The van der Waals surface area contributed by atoms with E-state index in [4.69, 9.17) is 9.16 Å². The molecule has 3 unspecified atom stereocenters. The summed E-state index contributed by atoms with van der Waals surface area (Å²) in [5, 5.41) is 0. The maximum Gasteiger partial charge on any atom is 0.333 e. The Balaban J connectivity index is 4.38. The predicted molar refractivity (Wildman–Crippen MR) is 92.3 cm³/mol. The molecule has 4 heteroatoms. The summed E-state index contributed by atoms with van der Waals surface area (Å²) >= 11 is 0. The predicted octanol–water partition coefficient (Wildman–Crippen LogP) is 3.55. The molecule has 0 aromatic carbocycles. The van der Waals surface area contributed by atoms with Crippen LogP contribution in [0.5, 0.6) is 0 Å². The van der Waals surface area contributed by atoms with E-state index in [0.717, 1.165) is 55.4 Å². The van der Waals surface area contributed by atoms with Gasteiger partial charge in [0.25, 0.3) is 0 Å². The molecule has 0 fully saturated rings. The van der Waals surface area contributed by atoms with E-state index in [1.165, 1.54) is 0 Å². The van der Waals surface area contributed by atoms with Crippen molar-refractivity contribution >= 4 is 16.5 Å². The molecule has 0 aliphatic rings. The number of carbonyl (C=O) groups excluding carboxylic acids is 1. The molecule has 0 aromatic heterocycles. The third-order valence-corrected chi connectivity index (χ3v) is 4.56. The highest BCUT2D eigenvalue weighted by Gasteiger charge is 2.20. The summed E-state index contributed by atoms with van der Waals surface area (Å²) in [5.74, 6) is 0.267. The molecule has 3 nitrogen and oxygen atoms in total. The number of hydrogen-bond acceptors (Lipinski definition) is 3. The van der Waals surface area contributed by atoms with Crippen LogP contribution in [0, 0.1) is 5.92 Å². The van der Waals surface area contributed by atoms with E-state index in [9.17, 15) is 4.79 Å². The highest BCUT2D eigenvalue weighted by Crippen LogP contribution is 2.21. The van der Waals surface area contributed by atoms with Crippen LogP contribution in [0.15, 0.2) is 12.2 Å². The number of hydrogen-bond donors (Lipinski definition) is 0. The number of unbranched alkanes of at least 4 members (excludes halogenated alkanes) is 1. The van der Waals surface area contributed by atoms with Crippen molar-refractivity contribution < 1.29 is 14.0 Å². The lowest BCUT2D eigenvalue weighted by molar-refractivity contribution is -0.145. The van der Waals surface area contributed by atoms with Crippen molar-refractivity contribution in [3.8, 4) is 0 Å². The van der Waals surface area contributed by atoms with Crippen molar-refractivity contribution in [3.05, 3.63) is 12.2 Å². The van der Waals surface area contributed by atoms with Gasteiger partial charge in [0, 0.05) is 11.7 Å². The van der Waals surface area contributed by atoms with Crippen LogP contribution in [-0.2, 0) is 14.0 Å². The van der Waals surface area contributed by atoms with Crippen LogP contribution in [0.4, 0.5) is 0 Å². The van der Waals surface area contributed by atoms with Gasteiger partial charge in [0.1, 0.15) is 16.6 Å². The van der Waals surface area contributed by atoms with Gasteiger partial charge in [-0.2, -0.15) is 0 Å². The molecule has 0 aliphatic heterocycles. The molecular formula is C17H34O3Si. The fourth-order valence-electron chi connectivity index (χ4n) is 2.50. The van der Waals surface area contributed by atoms with E-state index in [1.54, 1.807) is 6.92 Å². The first-order valence-electron chi connectivity index (χ1n) is 8.35. The Morgan fingerprint density at radius 1 is 1.14 bits per heavy atom. The van der Waals surface area contributed by atoms with Gasteiger partial charge in [-0.25, -0.2) is 4.79 Å². The van der Waals surface area contributed by atoms with Crippen LogP contribution in [0.25, 0.3) is 0 Å². The topological polar surface area (TPSA) is 35.5 Å². The maximum absolute atomic E-state index is 11.7. The fraction of sp³-hybridized carbons (Fsp3) is 0.824. The summed E-state index contributed by atoms with van der Waals surface area (Å²) in [5.41, 5.74) is 0.483. The third kappa shape index (κ3) is 9.09. The second-order valence-electron chi connectivity index (χ2n) is 6.07. The normalized spacial score (nSPS) is 15.4. The summed E-state index contributed by atoms with van der Waals surface area (Å²) < 4.78 is 11.3. The van der Waals surface area contributed by atoms with Gasteiger partial charge >= 0.3 is 5.97 Å². The van der Waals surface area contributed by atoms with Crippen LogP contribution >= 0.6 is 0 Å². The Bertz CT molecular complexity index is 304. The summed E-state index contributed by atoms with van der Waals surface area (Å²) in [4.78, 5) is 11.7. The standard InChI is InChI=1S/C17H34O3Si/c1-6-8-10-15(19-17(18)13(3)4)12-11-14(5)16(20-21)9-7-2/h14-16H,3,6-12H2,1-2,4-5,21H3. The largest absolute Gasteiger partial charge is 0.459 e. The molecule has 0 heterocycles. The Kier molecular flexibility index (Phi) is 11.6. The van der Waals surface area contributed by atoms with E-state index >= 15 is 0 Å². The third-order valence-electron chi connectivity index (χ3n) is 3.96. The molecule has 0 amide bonds. The molecule has 0 saturated heterocycles. The first kappa shape index (κ1) is 20.4. The molecule has 0 saturated carbocycles. The zero-order valence-corrected chi connectivity index (χ0v) is 16.6. The van der Waals surface area contributed by atoms with Crippen molar-refractivity contribution in [1.29, 1.82) is 0 Å². The minimum Gasteiger partial charge on any atom is -0.459 e. The van der Waals surface area contributed by atoms with Gasteiger partial charge in [-0.05, 0) is 38.5 Å². The average Bonchev–Trinajstić information content (AvgIpc) is 2.46. The van der Waals surface area contributed by atoms with E-state index < -0.39 is 0 Å². The number of ether oxygens (including phenoxy) is 1. The number of carbonyl (C=O) groups is 1. The highest BCUT2D eigenvalue weighted by molar-refractivity contribution is 5.98. The molecule has 0 aliphatic carbocycles. The van der Waals surface area contributed by atoms with Crippen LogP contribution < -0.4 is 0 Å². The quantitative estimate of drug-likeness (QED) is 0.314. The Morgan fingerprint density at radius 3 is 2.29 bits per heavy atom. The smallest absolute Gasteiger partial charge is 0.333 e. The minimum absolute atomic E-state index is 0.0213. The van der Waals surface area contributed by atoms with Crippen molar-refractivity contribution in [2.24, 2.45) is 5.92 Å². The Morgan fingerprint density at radius 2 is 1.81 bits per heavy atom. The second kappa shape index (κ2) is 12.0. The zero-order chi connectivity index (χ0) is 16.3. The lowest BCUT2D eigenvalue weighted by Crippen LogP contribution is -2.24. The van der Waals surface area contributed by atoms with Crippen molar-refractivity contribution in [1.82, 2.24) is 0 Å². The molecule has 0 aromatic rings. The molecule has 0 rings (SSSR count). The van der Waals surface area contributed by atoms with Crippen molar-refractivity contribution in [2.75, 3.05) is 0 Å². The van der Waals surface area contributed by atoms with E-state index in [2.05, 4.69) is 27.4 Å². The average molecular weight is 315 g/mol. The van der Waals surface area contributed by atoms with Gasteiger partial charge in [-0.3, -0.25) is 0 Å². The number of rotatable bonds is 12. The van der Waals surface area contributed by atoms with Crippen LogP contribution in [0.2, 0.25) is 0 Å². The van der Waals surface area contributed by atoms with E-state index in [-0.39, 0.29) is 12.1 Å². The fourth-order valence-corrected chi connectivity index (χ4v) is 3.20. The van der Waals surface area contributed by atoms with Crippen molar-refractivity contribution in [3.63, 3.8) is 0 Å². The number of esters is 1. The Labute approximate surface area is 134 Å². The molecule has 3 atom stereocenters. The van der Waals surface area contributed by atoms with Crippen LogP contribution in [0.3, 0.4) is 0 Å². The van der Waals surface area contributed by atoms with Crippen LogP contribution in [-0.4, -0.2) is 28.7 Å². The first-order chi connectivity index (χ1) is 9.96.